The van der Waals surface area contributed by atoms with Gasteiger partial charge in [-0.3, -0.25) is 9.36 Å². The summed E-state index contributed by atoms with van der Waals surface area (Å²) in [4.78, 5) is 30.4. The van der Waals surface area contributed by atoms with Crippen LogP contribution in [0.2, 0.25) is 0 Å². The molecule has 5 rings (SSSR count). The Hall–Kier alpha value is -3.77. The van der Waals surface area contributed by atoms with Crippen LogP contribution in [0.3, 0.4) is 0 Å². The molecule has 0 aliphatic carbocycles. The Morgan fingerprint density at radius 3 is 2.55 bits per heavy atom. The third-order valence-electron chi connectivity index (χ3n) is 5.44. The first kappa shape index (κ1) is 19.2. The van der Waals surface area contributed by atoms with Crippen molar-refractivity contribution in [2.45, 2.75) is 13.5 Å². The lowest BCUT2D eigenvalue weighted by atomic mass is 10.0. The Morgan fingerprint density at radius 2 is 1.77 bits per heavy atom. The summed E-state index contributed by atoms with van der Waals surface area (Å²) >= 11 is 1.18. The van der Waals surface area contributed by atoms with E-state index in [-0.39, 0.29) is 16.5 Å². The number of carbonyl (C=O) groups is 1. The highest BCUT2D eigenvalue weighted by Crippen LogP contribution is 2.27. The Labute approximate surface area is 181 Å². The van der Waals surface area contributed by atoms with E-state index in [1.54, 1.807) is 4.57 Å². The predicted octanol–water partition coefficient (Wildman–Crippen LogP) is 5.33. The van der Waals surface area contributed by atoms with E-state index < -0.39 is 5.97 Å². The van der Waals surface area contributed by atoms with Crippen LogP contribution in [-0.4, -0.2) is 20.6 Å². The molecule has 0 aliphatic heterocycles. The van der Waals surface area contributed by atoms with Crippen LogP contribution < -0.4 is 5.56 Å². The number of carboxylic acids is 1. The molecule has 5 aromatic rings. The van der Waals surface area contributed by atoms with E-state index in [1.165, 1.54) is 16.7 Å². The molecule has 0 unspecified atom stereocenters. The molecule has 0 aliphatic rings. The van der Waals surface area contributed by atoms with Crippen molar-refractivity contribution in [3.8, 4) is 11.4 Å². The van der Waals surface area contributed by atoms with Crippen molar-refractivity contribution in [3.05, 3.63) is 99.2 Å². The van der Waals surface area contributed by atoms with Crippen LogP contribution in [0.25, 0.3) is 32.4 Å². The quantitative estimate of drug-likeness (QED) is 0.421. The summed E-state index contributed by atoms with van der Waals surface area (Å²) in [6.45, 7) is 2.29. The summed E-state index contributed by atoms with van der Waals surface area (Å²) in [5.74, 6) is -0.589. The van der Waals surface area contributed by atoms with Crippen LogP contribution in [-0.2, 0) is 6.54 Å². The van der Waals surface area contributed by atoms with Gasteiger partial charge in [0.1, 0.15) is 10.7 Å². The number of hydrogen-bond donors (Lipinski definition) is 1. The minimum absolute atomic E-state index is 0.000346. The van der Waals surface area contributed by atoms with Crippen LogP contribution >= 0.6 is 11.3 Å². The third kappa shape index (κ3) is 3.31. The number of benzene rings is 3. The van der Waals surface area contributed by atoms with Gasteiger partial charge in [0.25, 0.3) is 5.56 Å². The minimum Gasteiger partial charge on any atom is -0.478 e. The lowest BCUT2D eigenvalue weighted by Gasteiger charge is -2.15. The van der Waals surface area contributed by atoms with E-state index in [4.69, 9.17) is 4.98 Å². The fraction of sp³-hybridized carbons (Fsp3) is 0.0800. The number of fused-ring (bicyclic) bond motifs is 2. The molecule has 0 bridgehead atoms. The number of thiophene rings is 1. The molecule has 3 aromatic carbocycles. The molecular formula is C25H18N2O3S. The average molecular weight is 426 g/mol. The van der Waals surface area contributed by atoms with E-state index in [2.05, 4.69) is 0 Å². The van der Waals surface area contributed by atoms with Gasteiger partial charge in [-0.05, 0) is 23.3 Å². The van der Waals surface area contributed by atoms with E-state index in [0.717, 1.165) is 27.5 Å². The lowest BCUT2D eigenvalue weighted by molar-refractivity contribution is 0.0699. The molecule has 6 heteroatoms. The highest BCUT2D eigenvalue weighted by Gasteiger charge is 2.21. The molecule has 0 spiro atoms. The van der Waals surface area contributed by atoms with Crippen LogP contribution in [0.5, 0.6) is 0 Å². The molecule has 2 heterocycles. The monoisotopic (exact) mass is 426 g/mol. The SMILES string of the molecule is Cc1ccc(-c2nc3scc(C(=O)O)c3c(=O)n2Cc2cccc3ccccc23)cc1. The van der Waals surface area contributed by atoms with Crippen molar-refractivity contribution >= 4 is 38.3 Å². The molecule has 152 valence electrons. The first-order valence-electron chi connectivity index (χ1n) is 9.82. The molecule has 0 saturated heterocycles. The summed E-state index contributed by atoms with van der Waals surface area (Å²) in [5, 5.41) is 13.4. The first-order valence-corrected chi connectivity index (χ1v) is 10.7. The maximum absolute atomic E-state index is 13.6. The summed E-state index contributed by atoms with van der Waals surface area (Å²) in [7, 11) is 0. The van der Waals surface area contributed by atoms with Gasteiger partial charge < -0.3 is 5.11 Å². The van der Waals surface area contributed by atoms with Crippen LogP contribution in [0, 0.1) is 6.92 Å². The molecular weight excluding hydrogens is 408 g/mol. The van der Waals surface area contributed by atoms with Gasteiger partial charge in [-0.1, -0.05) is 72.3 Å². The van der Waals surface area contributed by atoms with Gasteiger partial charge >= 0.3 is 5.97 Å². The average Bonchev–Trinajstić information content (AvgIpc) is 3.21. The second-order valence-electron chi connectivity index (χ2n) is 7.47. The lowest BCUT2D eigenvalue weighted by Crippen LogP contribution is -2.24. The molecule has 0 radical (unpaired) electrons. The topological polar surface area (TPSA) is 72.2 Å². The summed E-state index contributed by atoms with van der Waals surface area (Å²) in [6, 6.07) is 21.8. The number of hydrogen-bond acceptors (Lipinski definition) is 4. The maximum Gasteiger partial charge on any atom is 0.337 e. The molecule has 5 nitrogen and oxygen atoms in total. The first-order chi connectivity index (χ1) is 15.0. The second-order valence-corrected chi connectivity index (χ2v) is 8.32. The number of rotatable bonds is 4. The zero-order chi connectivity index (χ0) is 21.5. The molecule has 0 saturated carbocycles. The van der Waals surface area contributed by atoms with Crippen molar-refractivity contribution in [2.75, 3.05) is 0 Å². The number of carboxylic acid groups (broad SMARTS) is 1. The van der Waals surface area contributed by atoms with Gasteiger partial charge in [0.15, 0.2) is 0 Å². The van der Waals surface area contributed by atoms with E-state index >= 15 is 0 Å². The highest BCUT2D eigenvalue weighted by molar-refractivity contribution is 7.17. The van der Waals surface area contributed by atoms with Gasteiger partial charge in [-0.2, -0.15) is 0 Å². The van der Waals surface area contributed by atoms with Gasteiger partial charge in [0.2, 0.25) is 0 Å². The van der Waals surface area contributed by atoms with Crippen LogP contribution in [0.4, 0.5) is 0 Å². The van der Waals surface area contributed by atoms with Crippen molar-refractivity contribution in [2.24, 2.45) is 0 Å². The Bertz CT molecular complexity index is 1510. The Balaban J connectivity index is 1.80. The molecule has 31 heavy (non-hydrogen) atoms. The molecule has 0 fully saturated rings. The summed E-state index contributed by atoms with van der Waals surface area (Å²) < 4.78 is 1.59. The zero-order valence-electron chi connectivity index (χ0n) is 16.7. The standard InChI is InChI=1S/C25H18N2O3S/c1-15-9-11-17(12-10-15)22-26-23-21(20(14-31-23)25(29)30)24(28)27(22)13-18-7-4-6-16-5-2-3-8-19(16)18/h2-12,14H,13H2,1H3,(H,29,30). The van der Waals surface area contributed by atoms with Gasteiger partial charge in [0, 0.05) is 10.9 Å². The van der Waals surface area contributed by atoms with E-state index in [1.807, 2.05) is 73.7 Å². The van der Waals surface area contributed by atoms with Crippen molar-refractivity contribution in [3.63, 3.8) is 0 Å². The number of nitrogens with zero attached hydrogens (tertiary/aromatic N) is 2. The normalized spacial score (nSPS) is 11.3. The smallest absolute Gasteiger partial charge is 0.337 e. The largest absolute Gasteiger partial charge is 0.478 e. The summed E-state index contributed by atoms with van der Waals surface area (Å²) in [6.07, 6.45) is 0. The van der Waals surface area contributed by atoms with E-state index in [0.29, 0.717) is 17.2 Å². The van der Waals surface area contributed by atoms with Crippen molar-refractivity contribution in [1.82, 2.24) is 9.55 Å². The van der Waals surface area contributed by atoms with Crippen molar-refractivity contribution in [1.29, 1.82) is 0 Å². The van der Waals surface area contributed by atoms with E-state index in [9.17, 15) is 14.7 Å². The third-order valence-corrected chi connectivity index (χ3v) is 6.31. The van der Waals surface area contributed by atoms with Gasteiger partial charge in [0.05, 0.1) is 17.5 Å². The number of aromatic carboxylic acids is 1. The molecule has 2 aromatic heterocycles. The zero-order valence-corrected chi connectivity index (χ0v) is 17.5. The highest BCUT2D eigenvalue weighted by atomic mass is 32.1. The fourth-order valence-corrected chi connectivity index (χ4v) is 4.75. The Kier molecular flexibility index (Phi) is 4.64. The number of aromatic nitrogens is 2. The fourth-order valence-electron chi connectivity index (χ4n) is 3.85. The van der Waals surface area contributed by atoms with Gasteiger partial charge in [-0.25, -0.2) is 9.78 Å². The minimum atomic E-state index is -1.12. The molecule has 0 atom stereocenters. The van der Waals surface area contributed by atoms with Gasteiger partial charge in [-0.15, -0.1) is 11.3 Å². The summed E-state index contributed by atoms with van der Waals surface area (Å²) in [5.41, 5.74) is 2.56. The Morgan fingerprint density at radius 1 is 1.03 bits per heavy atom. The van der Waals surface area contributed by atoms with Crippen LogP contribution in [0.1, 0.15) is 21.5 Å². The second kappa shape index (κ2) is 7.49. The predicted molar refractivity (Wildman–Crippen MR) is 124 cm³/mol. The van der Waals surface area contributed by atoms with Crippen molar-refractivity contribution < 1.29 is 9.90 Å². The maximum atomic E-state index is 13.6. The van der Waals surface area contributed by atoms with Crippen LogP contribution in [0.15, 0.2) is 76.9 Å². The number of aryl methyl sites for hydroxylation is 1. The molecule has 0 amide bonds. The molecule has 1 N–H and O–H groups in total.